The van der Waals surface area contributed by atoms with E-state index in [1.165, 1.54) is 31.2 Å². The van der Waals surface area contributed by atoms with Crippen LogP contribution in [0.15, 0.2) is 30.3 Å². The van der Waals surface area contributed by atoms with E-state index in [0.717, 1.165) is 44.9 Å². The van der Waals surface area contributed by atoms with Gasteiger partial charge in [-0.3, -0.25) is 0 Å². The van der Waals surface area contributed by atoms with E-state index in [0.29, 0.717) is 0 Å². The van der Waals surface area contributed by atoms with Gasteiger partial charge >= 0.3 is 0 Å². The van der Waals surface area contributed by atoms with Gasteiger partial charge in [0.2, 0.25) is 0 Å². The smallest absolute Gasteiger partial charge is 0.0205 e. The topological polar surface area (TPSA) is 64.1 Å². The third-order valence-electron chi connectivity index (χ3n) is 3.78. The summed E-state index contributed by atoms with van der Waals surface area (Å²) in [6, 6.07) is 10.6. The Balaban J connectivity index is 2.07. The highest BCUT2D eigenvalue weighted by Gasteiger charge is 2.07. The largest absolute Gasteiger partial charge is 0.330 e. The van der Waals surface area contributed by atoms with Crippen LogP contribution in [0.2, 0.25) is 0 Å². The summed E-state index contributed by atoms with van der Waals surface area (Å²) < 4.78 is 0. The number of unbranched alkanes of at least 4 members (excludes halogenated alkanes) is 1. The zero-order chi connectivity index (χ0) is 14.5. The van der Waals surface area contributed by atoms with E-state index in [4.69, 9.17) is 11.5 Å². The van der Waals surface area contributed by atoms with E-state index in [2.05, 4.69) is 35.6 Å². The van der Waals surface area contributed by atoms with Gasteiger partial charge in [0.1, 0.15) is 0 Å². The maximum absolute atomic E-state index is 5.70. The molecular weight excluding hydrogens is 246 g/mol. The van der Waals surface area contributed by atoms with Crippen molar-refractivity contribution < 1.29 is 0 Å². The molecule has 0 aliphatic rings. The Kier molecular flexibility index (Phi) is 10.2. The van der Waals surface area contributed by atoms with E-state index in [1.54, 1.807) is 0 Å². The average molecular weight is 277 g/mol. The molecule has 0 spiro atoms. The summed E-state index contributed by atoms with van der Waals surface area (Å²) in [7, 11) is 0. The highest BCUT2D eigenvalue weighted by Crippen LogP contribution is 2.17. The molecule has 0 aliphatic heterocycles. The fourth-order valence-electron chi connectivity index (χ4n) is 2.59. The molecule has 0 aliphatic carbocycles. The monoisotopic (exact) mass is 277 g/mol. The van der Waals surface area contributed by atoms with Crippen molar-refractivity contribution in [1.29, 1.82) is 0 Å². The summed E-state index contributed by atoms with van der Waals surface area (Å²) in [6.45, 7) is 3.68. The Hall–Kier alpha value is -0.900. The second kappa shape index (κ2) is 11.9. The van der Waals surface area contributed by atoms with Crippen molar-refractivity contribution in [2.24, 2.45) is 17.4 Å². The Morgan fingerprint density at radius 1 is 0.850 bits per heavy atom. The third kappa shape index (κ3) is 8.31. The fourth-order valence-corrected chi connectivity index (χ4v) is 2.59. The van der Waals surface area contributed by atoms with E-state index < -0.39 is 0 Å². The molecule has 1 unspecified atom stereocenters. The Morgan fingerprint density at radius 2 is 1.60 bits per heavy atom. The van der Waals surface area contributed by atoms with Gasteiger partial charge in [-0.1, -0.05) is 43.2 Å². The lowest BCUT2D eigenvalue weighted by Crippen LogP contribution is -2.17. The van der Waals surface area contributed by atoms with Gasteiger partial charge in [0, 0.05) is 6.54 Å². The van der Waals surface area contributed by atoms with Crippen molar-refractivity contribution in [2.45, 2.75) is 45.1 Å². The van der Waals surface area contributed by atoms with Crippen molar-refractivity contribution in [3.05, 3.63) is 35.9 Å². The number of rotatable bonds is 12. The van der Waals surface area contributed by atoms with E-state index in [9.17, 15) is 0 Å². The number of benzene rings is 1. The highest BCUT2D eigenvalue weighted by molar-refractivity contribution is 5.14. The minimum atomic E-state index is 0.782. The SMILES string of the molecule is NCCCCC(CCN)CCCNCc1ccccc1. The first-order valence-corrected chi connectivity index (χ1v) is 8.01. The third-order valence-corrected chi connectivity index (χ3v) is 3.78. The van der Waals surface area contributed by atoms with Crippen LogP contribution in [0.25, 0.3) is 0 Å². The Morgan fingerprint density at radius 3 is 2.30 bits per heavy atom. The van der Waals surface area contributed by atoms with Crippen LogP contribution in [0.3, 0.4) is 0 Å². The summed E-state index contributed by atoms with van der Waals surface area (Å²) in [6.07, 6.45) is 7.35. The van der Waals surface area contributed by atoms with Gasteiger partial charge in [0.05, 0.1) is 0 Å². The minimum absolute atomic E-state index is 0.782. The molecule has 0 amide bonds. The molecule has 114 valence electrons. The van der Waals surface area contributed by atoms with Gasteiger partial charge in [0.15, 0.2) is 0 Å². The zero-order valence-electron chi connectivity index (χ0n) is 12.7. The molecule has 0 heterocycles. The quantitative estimate of drug-likeness (QED) is 0.515. The molecule has 3 heteroatoms. The predicted octanol–water partition coefficient (Wildman–Crippen LogP) is 2.65. The van der Waals surface area contributed by atoms with Gasteiger partial charge in [0.25, 0.3) is 0 Å². The molecule has 1 atom stereocenters. The first-order valence-electron chi connectivity index (χ1n) is 8.01. The lowest BCUT2D eigenvalue weighted by Gasteiger charge is -2.16. The molecule has 0 saturated carbocycles. The first-order chi connectivity index (χ1) is 9.86. The first kappa shape index (κ1) is 17.2. The molecule has 1 aromatic carbocycles. The van der Waals surface area contributed by atoms with Gasteiger partial charge in [-0.05, 0) is 56.8 Å². The van der Waals surface area contributed by atoms with Crippen LogP contribution in [0.1, 0.15) is 44.1 Å². The fraction of sp³-hybridized carbons (Fsp3) is 0.647. The molecule has 3 nitrogen and oxygen atoms in total. The molecule has 0 fully saturated rings. The van der Waals surface area contributed by atoms with E-state index in [1.807, 2.05) is 0 Å². The van der Waals surface area contributed by atoms with Gasteiger partial charge in [-0.2, -0.15) is 0 Å². The molecule has 1 aromatic rings. The number of nitrogens with one attached hydrogen (secondary N) is 1. The summed E-state index contributed by atoms with van der Waals surface area (Å²) in [4.78, 5) is 0. The number of nitrogens with two attached hydrogens (primary N) is 2. The second-order valence-corrected chi connectivity index (χ2v) is 5.53. The van der Waals surface area contributed by atoms with Crippen LogP contribution in [-0.4, -0.2) is 19.6 Å². The van der Waals surface area contributed by atoms with Crippen LogP contribution in [0.4, 0.5) is 0 Å². The van der Waals surface area contributed by atoms with Crippen LogP contribution in [-0.2, 0) is 6.54 Å². The van der Waals surface area contributed by atoms with Crippen molar-refractivity contribution in [2.75, 3.05) is 19.6 Å². The maximum Gasteiger partial charge on any atom is 0.0205 e. The van der Waals surface area contributed by atoms with Gasteiger partial charge in [-0.25, -0.2) is 0 Å². The lowest BCUT2D eigenvalue weighted by atomic mass is 9.93. The van der Waals surface area contributed by atoms with Crippen LogP contribution >= 0.6 is 0 Å². The van der Waals surface area contributed by atoms with Crippen LogP contribution in [0, 0.1) is 5.92 Å². The Labute approximate surface area is 124 Å². The van der Waals surface area contributed by atoms with Crippen molar-refractivity contribution in [3.63, 3.8) is 0 Å². The van der Waals surface area contributed by atoms with Crippen molar-refractivity contribution >= 4 is 0 Å². The summed E-state index contributed by atoms with van der Waals surface area (Å²) in [5.41, 5.74) is 12.6. The molecular formula is C17H31N3. The second-order valence-electron chi connectivity index (χ2n) is 5.53. The molecule has 20 heavy (non-hydrogen) atoms. The average Bonchev–Trinajstić information content (AvgIpc) is 2.48. The van der Waals surface area contributed by atoms with Crippen molar-refractivity contribution in [3.8, 4) is 0 Å². The zero-order valence-corrected chi connectivity index (χ0v) is 12.7. The van der Waals surface area contributed by atoms with E-state index >= 15 is 0 Å². The minimum Gasteiger partial charge on any atom is -0.330 e. The van der Waals surface area contributed by atoms with Gasteiger partial charge < -0.3 is 16.8 Å². The van der Waals surface area contributed by atoms with E-state index in [-0.39, 0.29) is 0 Å². The summed E-state index contributed by atoms with van der Waals surface area (Å²) in [5, 5.41) is 3.52. The number of hydrogen-bond acceptors (Lipinski definition) is 3. The van der Waals surface area contributed by atoms with Crippen LogP contribution in [0.5, 0.6) is 0 Å². The molecule has 0 radical (unpaired) electrons. The lowest BCUT2D eigenvalue weighted by molar-refractivity contribution is 0.393. The number of hydrogen-bond donors (Lipinski definition) is 3. The normalized spacial score (nSPS) is 12.5. The molecule has 5 N–H and O–H groups in total. The molecule has 0 saturated heterocycles. The van der Waals surface area contributed by atoms with Crippen LogP contribution < -0.4 is 16.8 Å². The summed E-state index contributed by atoms with van der Waals surface area (Å²) in [5.74, 6) is 0.782. The van der Waals surface area contributed by atoms with Gasteiger partial charge in [-0.15, -0.1) is 0 Å². The molecule has 0 aromatic heterocycles. The molecule has 1 rings (SSSR count). The maximum atomic E-state index is 5.70. The van der Waals surface area contributed by atoms with Crippen molar-refractivity contribution in [1.82, 2.24) is 5.32 Å². The molecule has 0 bridgehead atoms. The predicted molar refractivity (Wildman–Crippen MR) is 87.4 cm³/mol. The standard InChI is InChI=1S/C17H31N3/c18-12-5-4-7-16(11-13-19)10-6-14-20-15-17-8-2-1-3-9-17/h1-3,8-9,16,20H,4-7,10-15,18-19H2. The summed E-state index contributed by atoms with van der Waals surface area (Å²) >= 11 is 0. The Bertz CT molecular complexity index is 313. The highest BCUT2D eigenvalue weighted by atomic mass is 14.8.